The van der Waals surface area contributed by atoms with Crippen molar-refractivity contribution in [2.75, 3.05) is 12.3 Å². The summed E-state index contributed by atoms with van der Waals surface area (Å²) in [5.74, 6) is 1.16. The second-order valence-corrected chi connectivity index (χ2v) is 7.09. The third-order valence-electron chi connectivity index (χ3n) is 3.78. The molecule has 3 nitrogen and oxygen atoms in total. The van der Waals surface area contributed by atoms with E-state index in [1.54, 1.807) is 4.31 Å². The van der Waals surface area contributed by atoms with E-state index < -0.39 is 10.0 Å². The first-order valence-electron chi connectivity index (χ1n) is 6.09. The molecule has 0 amide bonds. The van der Waals surface area contributed by atoms with E-state index in [4.69, 9.17) is 0 Å². The largest absolute Gasteiger partial charge is 0.214 e. The van der Waals surface area contributed by atoms with Crippen molar-refractivity contribution in [1.82, 2.24) is 4.31 Å². The molecule has 0 aromatic rings. The summed E-state index contributed by atoms with van der Waals surface area (Å²) in [6, 6.07) is 0.312. The topological polar surface area (TPSA) is 37.4 Å². The van der Waals surface area contributed by atoms with Crippen LogP contribution in [-0.4, -0.2) is 31.1 Å². The number of hydrogen-bond donors (Lipinski definition) is 0. The Bertz CT molecular complexity index is 305. The van der Waals surface area contributed by atoms with Gasteiger partial charge in [0.15, 0.2) is 0 Å². The van der Waals surface area contributed by atoms with E-state index in [2.05, 4.69) is 6.92 Å². The van der Waals surface area contributed by atoms with E-state index >= 15 is 0 Å². The zero-order chi connectivity index (χ0) is 10.9. The highest BCUT2D eigenvalue weighted by molar-refractivity contribution is 7.89. The maximum Gasteiger partial charge on any atom is 0.214 e. The van der Waals surface area contributed by atoms with Crippen LogP contribution in [0, 0.1) is 5.92 Å². The maximum absolute atomic E-state index is 11.9. The van der Waals surface area contributed by atoms with Gasteiger partial charge >= 0.3 is 0 Å². The monoisotopic (exact) mass is 231 g/mol. The second kappa shape index (κ2) is 4.42. The van der Waals surface area contributed by atoms with Crippen LogP contribution in [0.1, 0.15) is 45.4 Å². The Kier molecular flexibility index (Phi) is 3.36. The average molecular weight is 231 g/mol. The van der Waals surface area contributed by atoms with Crippen molar-refractivity contribution in [2.45, 2.75) is 51.5 Å². The van der Waals surface area contributed by atoms with E-state index in [0.29, 0.717) is 11.8 Å². The summed E-state index contributed by atoms with van der Waals surface area (Å²) in [4.78, 5) is 0. The van der Waals surface area contributed by atoms with Crippen LogP contribution in [0.25, 0.3) is 0 Å². The normalized spacial score (nSPS) is 37.7. The molecule has 0 bridgehead atoms. The molecule has 1 saturated carbocycles. The number of hydrogen-bond acceptors (Lipinski definition) is 2. The lowest BCUT2D eigenvalue weighted by molar-refractivity contribution is 0.214. The van der Waals surface area contributed by atoms with Gasteiger partial charge < -0.3 is 0 Å². The zero-order valence-corrected chi connectivity index (χ0v) is 10.3. The summed E-state index contributed by atoms with van der Waals surface area (Å²) >= 11 is 0. The van der Waals surface area contributed by atoms with Gasteiger partial charge in [0.2, 0.25) is 10.0 Å². The highest BCUT2D eigenvalue weighted by Gasteiger charge is 2.33. The van der Waals surface area contributed by atoms with Crippen LogP contribution in [0.15, 0.2) is 0 Å². The molecule has 0 radical (unpaired) electrons. The summed E-state index contributed by atoms with van der Waals surface area (Å²) in [5, 5.41) is 0. The van der Waals surface area contributed by atoms with E-state index in [0.717, 1.165) is 38.1 Å². The highest BCUT2D eigenvalue weighted by Crippen LogP contribution is 2.30. The SMILES string of the molecule is CC1CCC(N2CCCCS2(=O)=O)CC1. The second-order valence-electron chi connectivity index (χ2n) is 5.05. The quantitative estimate of drug-likeness (QED) is 0.692. The van der Waals surface area contributed by atoms with Crippen LogP contribution in [0.3, 0.4) is 0 Å². The molecule has 1 saturated heterocycles. The minimum atomic E-state index is -2.91. The number of rotatable bonds is 1. The lowest BCUT2D eigenvalue weighted by atomic mass is 9.87. The molecule has 88 valence electrons. The van der Waals surface area contributed by atoms with E-state index in [1.807, 2.05) is 0 Å². The van der Waals surface area contributed by atoms with Crippen LogP contribution in [0.4, 0.5) is 0 Å². The van der Waals surface area contributed by atoms with E-state index in [9.17, 15) is 8.42 Å². The number of sulfonamides is 1. The molecule has 0 aromatic carbocycles. The van der Waals surface area contributed by atoms with Gasteiger partial charge in [0.1, 0.15) is 0 Å². The Hall–Kier alpha value is -0.0900. The standard InChI is InChI=1S/C11H21NO2S/c1-10-4-6-11(7-5-10)12-8-2-3-9-15(12,13)14/h10-11H,2-9H2,1H3. The summed E-state index contributed by atoms with van der Waals surface area (Å²) in [7, 11) is -2.91. The zero-order valence-electron chi connectivity index (χ0n) is 9.48. The Morgan fingerprint density at radius 1 is 1.07 bits per heavy atom. The van der Waals surface area contributed by atoms with Gasteiger partial charge in [-0.05, 0) is 44.4 Å². The Morgan fingerprint density at radius 3 is 2.33 bits per heavy atom. The first-order chi connectivity index (χ1) is 7.09. The fourth-order valence-electron chi connectivity index (χ4n) is 2.75. The van der Waals surface area contributed by atoms with Gasteiger partial charge in [0, 0.05) is 12.6 Å². The molecular formula is C11H21NO2S. The lowest BCUT2D eigenvalue weighted by Gasteiger charge is -2.37. The van der Waals surface area contributed by atoms with Gasteiger partial charge in [0.25, 0.3) is 0 Å². The number of nitrogens with zero attached hydrogens (tertiary/aromatic N) is 1. The summed E-state index contributed by atoms with van der Waals surface area (Å²) in [5.41, 5.74) is 0. The van der Waals surface area contributed by atoms with Gasteiger partial charge in [-0.15, -0.1) is 0 Å². The fourth-order valence-corrected chi connectivity index (χ4v) is 4.62. The third kappa shape index (κ3) is 2.53. The first-order valence-corrected chi connectivity index (χ1v) is 7.70. The van der Waals surface area contributed by atoms with Crippen LogP contribution < -0.4 is 0 Å². The summed E-state index contributed by atoms with van der Waals surface area (Å²) < 4.78 is 25.6. The van der Waals surface area contributed by atoms with Gasteiger partial charge in [-0.3, -0.25) is 0 Å². The van der Waals surface area contributed by atoms with E-state index in [1.165, 1.54) is 12.8 Å². The molecular weight excluding hydrogens is 210 g/mol. The first kappa shape index (κ1) is 11.4. The van der Waals surface area contributed by atoms with E-state index in [-0.39, 0.29) is 0 Å². The average Bonchev–Trinajstić information content (AvgIpc) is 2.19. The molecule has 4 heteroatoms. The molecule has 2 aliphatic rings. The molecule has 0 N–H and O–H groups in total. The fraction of sp³-hybridized carbons (Fsp3) is 1.00. The minimum absolute atomic E-state index is 0.312. The van der Waals surface area contributed by atoms with Crippen LogP contribution in [-0.2, 0) is 10.0 Å². The van der Waals surface area contributed by atoms with Crippen molar-refractivity contribution < 1.29 is 8.42 Å². The van der Waals surface area contributed by atoms with Gasteiger partial charge in [-0.1, -0.05) is 6.92 Å². The van der Waals surface area contributed by atoms with Gasteiger partial charge in [-0.2, -0.15) is 4.31 Å². The Balaban J connectivity index is 2.03. The van der Waals surface area contributed by atoms with Crippen molar-refractivity contribution in [1.29, 1.82) is 0 Å². The smallest absolute Gasteiger partial charge is 0.212 e. The van der Waals surface area contributed by atoms with Crippen LogP contribution in [0.5, 0.6) is 0 Å². The molecule has 0 aromatic heterocycles. The molecule has 15 heavy (non-hydrogen) atoms. The van der Waals surface area contributed by atoms with Crippen molar-refractivity contribution >= 4 is 10.0 Å². The molecule has 0 spiro atoms. The highest BCUT2D eigenvalue weighted by atomic mass is 32.2. The summed E-state index contributed by atoms with van der Waals surface area (Å²) in [6.07, 6.45) is 6.42. The predicted molar refractivity (Wildman–Crippen MR) is 61.1 cm³/mol. The maximum atomic E-state index is 11.9. The van der Waals surface area contributed by atoms with Crippen molar-refractivity contribution in [3.8, 4) is 0 Å². The molecule has 0 unspecified atom stereocenters. The van der Waals surface area contributed by atoms with Crippen LogP contribution >= 0.6 is 0 Å². The predicted octanol–water partition coefficient (Wildman–Crippen LogP) is 1.99. The molecule has 0 atom stereocenters. The molecule has 1 aliphatic carbocycles. The molecule has 2 rings (SSSR count). The molecule has 1 aliphatic heterocycles. The van der Waals surface area contributed by atoms with Gasteiger partial charge in [0.05, 0.1) is 5.75 Å². The minimum Gasteiger partial charge on any atom is -0.212 e. The van der Waals surface area contributed by atoms with Gasteiger partial charge in [-0.25, -0.2) is 8.42 Å². The Morgan fingerprint density at radius 2 is 1.73 bits per heavy atom. The van der Waals surface area contributed by atoms with Crippen molar-refractivity contribution in [3.63, 3.8) is 0 Å². The lowest BCUT2D eigenvalue weighted by Crippen LogP contribution is -2.46. The summed E-state index contributed by atoms with van der Waals surface area (Å²) in [6.45, 7) is 3.03. The van der Waals surface area contributed by atoms with Crippen molar-refractivity contribution in [3.05, 3.63) is 0 Å². The third-order valence-corrected chi connectivity index (χ3v) is 5.78. The van der Waals surface area contributed by atoms with Crippen molar-refractivity contribution in [2.24, 2.45) is 5.92 Å². The molecule has 1 heterocycles. The molecule has 2 fully saturated rings. The Labute approximate surface area is 92.9 Å². The van der Waals surface area contributed by atoms with Crippen LogP contribution in [0.2, 0.25) is 0 Å².